The lowest BCUT2D eigenvalue weighted by atomic mass is 10.1. The monoisotopic (exact) mass is 480 g/mol. The van der Waals surface area contributed by atoms with Crippen LogP contribution in [0, 0.1) is 0 Å². The molecule has 0 fully saturated rings. The van der Waals surface area contributed by atoms with E-state index in [1.807, 2.05) is 36.4 Å². The number of rotatable bonds is 13. The van der Waals surface area contributed by atoms with Crippen molar-refractivity contribution in [3.05, 3.63) is 83.8 Å². The largest absolute Gasteiger partial charge is 0.497 e. The van der Waals surface area contributed by atoms with E-state index in [1.165, 1.54) is 12.0 Å². The van der Waals surface area contributed by atoms with Crippen molar-refractivity contribution in [3.8, 4) is 11.5 Å². The molecule has 0 unspecified atom stereocenters. The molecule has 8 nitrogen and oxygen atoms in total. The average Bonchev–Trinajstić information content (AvgIpc) is 3.41. The molecule has 3 aromatic rings. The number of hydrogen-bond donors (Lipinski definition) is 0. The van der Waals surface area contributed by atoms with Gasteiger partial charge < -0.3 is 28.4 Å². The Bertz CT molecular complexity index is 1070. The molecule has 0 radical (unpaired) electrons. The van der Waals surface area contributed by atoms with Crippen LogP contribution in [0.2, 0.25) is 0 Å². The van der Waals surface area contributed by atoms with Crippen LogP contribution in [0.3, 0.4) is 0 Å². The maximum absolute atomic E-state index is 13.5. The second-order valence-electron chi connectivity index (χ2n) is 7.92. The molecule has 0 bridgehead atoms. The van der Waals surface area contributed by atoms with E-state index in [-0.39, 0.29) is 24.9 Å². The second-order valence-corrected chi connectivity index (χ2v) is 7.92. The molecule has 186 valence electrons. The van der Waals surface area contributed by atoms with Crippen LogP contribution in [0.5, 0.6) is 11.5 Å². The number of benzene rings is 2. The van der Waals surface area contributed by atoms with Crippen LogP contribution < -0.4 is 9.47 Å². The third-order valence-electron chi connectivity index (χ3n) is 5.61. The molecule has 0 aliphatic rings. The number of carbonyl (C=O) groups excluding carboxylic acids is 2. The SMILES string of the molecule is COCCN(CC(=O)N(CCc1ccccc1)Cc1ccco1)C(=O)c1ccc(OC)cc1OC. The van der Waals surface area contributed by atoms with Gasteiger partial charge >= 0.3 is 0 Å². The fourth-order valence-electron chi connectivity index (χ4n) is 3.65. The quantitative estimate of drug-likeness (QED) is 0.371. The van der Waals surface area contributed by atoms with Crippen molar-refractivity contribution in [2.45, 2.75) is 13.0 Å². The maximum Gasteiger partial charge on any atom is 0.258 e. The third kappa shape index (κ3) is 7.35. The van der Waals surface area contributed by atoms with Crippen molar-refractivity contribution in [1.29, 1.82) is 0 Å². The van der Waals surface area contributed by atoms with Crippen LogP contribution in [0.15, 0.2) is 71.3 Å². The van der Waals surface area contributed by atoms with Gasteiger partial charge in [0, 0.05) is 26.3 Å². The van der Waals surface area contributed by atoms with E-state index >= 15 is 0 Å². The number of ether oxygens (including phenoxy) is 3. The standard InChI is InChI=1S/C27H32N2O6/c1-32-17-15-29(27(31)24-12-11-22(33-2)18-25(24)34-3)20-26(30)28(19-23-10-7-16-35-23)14-13-21-8-5-4-6-9-21/h4-12,16,18H,13-15,17,19-20H2,1-3H3. The Morgan fingerprint density at radius 1 is 0.886 bits per heavy atom. The zero-order valence-corrected chi connectivity index (χ0v) is 20.4. The molecule has 1 heterocycles. The van der Waals surface area contributed by atoms with Crippen molar-refractivity contribution >= 4 is 11.8 Å². The first-order valence-corrected chi connectivity index (χ1v) is 11.4. The van der Waals surface area contributed by atoms with Gasteiger partial charge in [0.1, 0.15) is 23.8 Å². The van der Waals surface area contributed by atoms with Crippen molar-refractivity contribution in [3.63, 3.8) is 0 Å². The first-order valence-electron chi connectivity index (χ1n) is 11.4. The van der Waals surface area contributed by atoms with Gasteiger partial charge in [-0.3, -0.25) is 9.59 Å². The van der Waals surface area contributed by atoms with Gasteiger partial charge in [0.25, 0.3) is 5.91 Å². The molecule has 0 saturated heterocycles. The van der Waals surface area contributed by atoms with Gasteiger partial charge in [-0.1, -0.05) is 30.3 Å². The summed E-state index contributed by atoms with van der Waals surface area (Å²) in [6.45, 7) is 1.24. The smallest absolute Gasteiger partial charge is 0.258 e. The summed E-state index contributed by atoms with van der Waals surface area (Å²) in [6.07, 6.45) is 2.27. The predicted octanol–water partition coefficient (Wildman–Crippen LogP) is 3.66. The Kier molecular flexibility index (Phi) is 9.74. The zero-order chi connectivity index (χ0) is 25.0. The highest BCUT2D eigenvalue weighted by atomic mass is 16.5. The summed E-state index contributed by atoms with van der Waals surface area (Å²) in [5, 5.41) is 0. The minimum Gasteiger partial charge on any atom is -0.497 e. The summed E-state index contributed by atoms with van der Waals surface area (Å²) in [5.41, 5.74) is 1.47. The zero-order valence-electron chi connectivity index (χ0n) is 20.4. The van der Waals surface area contributed by atoms with Gasteiger partial charge in [0.15, 0.2) is 0 Å². The Labute approximate surface area is 206 Å². The number of furan rings is 1. The molecule has 0 spiro atoms. The lowest BCUT2D eigenvalue weighted by Crippen LogP contribution is -2.44. The van der Waals surface area contributed by atoms with Crippen LogP contribution in [0.1, 0.15) is 21.7 Å². The van der Waals surface area contributed by atoms with Crippen molar-refractivity contribution in [2.24, 2.45) is 0 Å². The topological polar surface area (TPSA) is 81.5 Å². The molecule has 0 atom stereocenters. The lowest BCUT2D eigenvalue weighted by Gasteiger charge is -2.28. The van der Waals surface area contributed by atoms with Gasteiger partial charge in [0.05, 0.1) is 39.2 Å². The van der Waals surface area contributed by atoms with E-state index in [2.05, 4.69) is 0 Å². The highest BCUT2D eigenvalue weighted by molar-refractivity contribution is 5.99. The van der Waals surface area contributed by atoms with Gasteiger partial charge in [-0.2, -0.15) is 0 Å². The van der Waals surface area contributed by atoms with Gasteiger partial charge in [-0.05, 0) is 36.2 Å². The molecule has 2 amide bonds. The molecule has 2 aromatic carbocycles. The van der Waals surface area contributed by atoms with E-state index in [0.29, 0.717) is 48.9 Å². The summed E-state index contributed by atoms with van der Waals surface area (Å²) >= 11 is 0. The molecule has 1 aromatic heterocycles. The van der Waals surface area contributed by atoms with Crippen molar-refractivity contribution < 1.29 is 28.2 Å². The molecule has 35 heavy (non-hydrogen) atoms. The highest BCUT2D eigenvalue weighted by Gasteiger charge is 2.25. The molecule has 0 saturated carbocycles. The first-order chi connectivity index (χ1) is 17.0. The molecule has 3 rings (SSSR count). The minimum absolute atomic E-state index is 0.104. The van der Waals surface area contributed by atoms with E-state index in [4.69, 9.17) is 18.6 Å². The minimum atomic E-state index is -0.323. The van der Waals surface area contributed by atoms with E-state index < -0.39 is 0 Å². The molecule has 0 N–H and O–H groups in total. The summed E-state index contributed by atoms with van der Waals surface area (Å²) in [6, 6.07) is 18.6. The fraction of sp³-hybridized carbons (Fsp3) is 0.333. The molecule has 0 aliphatic carbocycles. The Morgan fingerprint density at radius 2 is 1.69 bits per heavy atom. The number of amides is 2. The van der Waals surface area contributed by atoms with Crippen LogP contribution in [0.4, 0.5) is 0 Å². The molecular weight excluding hydrogens is 448 g/mol. The van der Waals surface area contributed by atoms with E-state index in [0.717, 1.165) is 5.56 Å². The van der Waals surface area contributed by atoms with E-state index in [9.17, 15) is 9.59 Å². The summed E-state index contributed by atoms with van der Waals surface area (Å²) in [5.74, 6) is 1.12. The summed E-state index contributed by atoms with van der Waals surface area (Å²) in [7, 11) is 4.59. The molecule has 8 heteroatoms. The number of carbonyl (C=O) groups is 2. The predicted molar refractivity (Wildman–Crippen MR) is 132 cm³/mol. The van der Waals surface area contributed by atoms with Gasteiger partial charge in [0.2, 0.25) is 5.91 Å². The summed E-state index contributed by atoms with van der Waals surface area (Å²) in [4.78, 5) is 30.1. The van der Waals surface area contributed by atoms with Crippen LogP contribution >= 0.6 is 0 Å². The maximum atomic E-state index is 13.5. The number of hydrogen-bond acceptors (Lipinski definition) is 6. The third-order valence-corrected chi connectivity index (χ3v) is 5.61. The Morgan fingerprint density at radius 3 is 2.34 bits per heavy atom. The van der Waals surface area contributed by atoms with Gasteiger partial charge in [-0.15, -0.1) is 0 Å². The molecule has 0 aliphatic heterocycles. The first kappa shape index (κ1) is 25.8. The second kappa shape index (κ2) is 13.2. The van der Waals surface area contributed by atoms with E-state index in [1.54, 1.807) is 49.6 Å². The summed E-state index contributed by atoms with van der Waals surface area (Å²) < 4.78 is 21.3. The van der Waals surface area contributed by atoms with Crippen LogP contribution in [-0.2, 0) is 22.5 Å². The Balaban J connectivity index is 1.79. The van der Waals surface area contributed by atoms with Gasteiger partial charge in [-0.25, -0.2) is 0 Å². The Hall–Kier alpha value is -3.78. The number of methoxy groups -OCH3 is 3. The average molecular weight is 481 g/mol. The van der Waals surface area contributed by atoms with Crippen LogP contribution in [-0.4, -0.2) is 69.2 Å². The lowest BCUT2D eigenvalue weighted by molar-refractivity contribution is -0.132. The van der Waals surface area contributed by atoms with Crippen LogP contribution in [0.25, 0.3) is 0 Å². The van der Waals surface area contributed by atoms with Crippen molar-refractivity contribution in [2.75, 3.05) is 47.6 Å². The van der Waals surface area contributed by atoms with Crippen molar-refractivity contribution in [1.82, 2.24) is 9.80 Å². The normalized spacial score (nSPS) is 10.6. The number of nitrogens with zero attached hydrogens (tertiary/aromatic N) is 2. The fourth-order valence-corrected chi connectivity index (χ4v) is 3.65. The highest BCUT2D eigenvalue weighted by Crippen LogP contribution is 2.26. The molecular formula is C27H32N2O6.